The van der Waals surface area contributed by atoms with Crippen LogP contribution in [-0.2, 0) is 10.0 Å². The largest absolute Gasteiger partial charge is 0.283 e. The maximum atomic E-state index is 11.7. The first-order valence-corrected chi connectivity index (χ1v) is 7.26. The van der Waals surface area contributed by atoms with Crippen LogP contribution in [0.1, 0.15) is 13.8 Å². The molecule has 1 aromatic carbocycles. The normalized spacial score (nSPS) is 12.2. The van der Waals surface area contributed by atoms with Gasteiger partial charge < -0.3 is 0 Å². The van der Waals surface area contributed by atoms with Gasteiger partial charge >= 0.3 is 0 Å². The van der Waals surface area contributed by atoms with Gasteiger partial charge in [0.1, 0.15) is 0 Å². The third-order valence-electron chi connectivity index (χ3n) is 2.21. The Morgan fingerprint density at radius 1 is 1.38 bits per heavy atom. The quantitative estimate of drug-likeness (QED) is 0.917. The predicted octanol–water partition coefficient (Wildman–Crippen LogP) is 2.45. The van der Waals surface area contributed by atoms with Gasteiger partial charge in [0.05, 0.1) is 26.7 Å². The van der Waals surface area contributed by atoms with Crippen molar-refractivity contribution in [2.24, 2.45) is 0 Å². The number of aromatic nitrogens is 1. The molecule has 1 heterocycles. The molecule has 1 N–H and O–H groups in total. The maximum Gasteiger partial charge on any atom is 0.235 e. The van der Waals surface area contributed by atoms with E-state index in [0.717, 1.165) is 10.2 Å². The zero-order chi connectivity index (χ0) is 11.8. The fraction of sp³-hybridized carbons (Fsp3) is 0.300. The molecule has 0 aliphatic rings. The first-order valence-electron chi connectivity index (χ1n) is 4.84. The average Bonchev–Trinajstić information content (AvgIpc) is 2.63. The highest BCUT2D eigenvalue weighted by atomic mass is 32.2. The lowest BCUT2D eigenvalue weighted by Crippen LogP contribution is -2.22. The first kappa shape index (κ1) is 11.3. The molecule has 0 radical (unpaired) electrons. The lowest BCUT2D eigenvalue weighted by atomic mass is 10.3. The minimum absolute atomic E-state index is 0.440. The molecular weight excluding hydrogens is 244 g/mol. The number of nitrogens with one attached hydrogen (secondary N) is 1. The molecule has 2 rings (SSSR count). The summed E-state index contributed by atoms with van der Waals surface area (Å²) in [6.07, 6.45) is 0. The van der Waals surface area contributed by atoms with Crippen LogP contribution in [-0.4, -0.2) is 18.7 Å². The van der Waals surface area contributed by atoms with E-state index in [1.54, 1.807) is 31.5 Å². The van der Waals surface area contributed by atoms with Gasteiger partial charge in [0, 0.05) is 0 Å². The number of fused-ring (bicyclic) bond motifs is 1. The van der Waals surface area contributed by atoms with Crippen molar-refractivity contribution in [2.45, 2.75) is 19.1 Å². The number of nitrogens with zero attached hydrogens (tertiary/aromatic N) is 1. The van der Waals surface area contributed by atoms with Crippen LogP contribution in [0.4, 0.5) is 5.69 Å². The Balaban J connectivity index is 2.34. The first-order chi connectivity index (χ1) is 7.49. The zero-order valence-corrected chi connectivity index (χ0v) is 10.6. The number of benzene rings is 1. The molecule has 16 heavy (non-hydrogen) atoms. The second-order valence-corrected chi connectivity index (χ2v) is 6.85. The molecule has 0 aliphatic heterocycles. The molecule has 1 aromatic heterocycles. The summed E-state index contributed by atoms with van der Waals surface area (Å²) in [7, 11) is -3.27. The highest BCUT2D eigenvalue weighted by Crippen LogP contribution is 2.22. The molecule has 0 unspecified atom stereocenters. The number of sulfonamides is 1. The molecular formula is C10H12N2O2S2. The van der Waals surface area contributed by atoms with E-state index in [9.17, 15) is 8.42 Å². The van der Waals surface area contributed by atoms with E-state index in [1.807, 2.05) is 6.07 Å². The van der Waals surface area contributed by atoms with Gasteiger partial charge in [-0.2, -0.15) is 0 Å². The third-order valence-corrected chi connectivity index (χ3v) is 4.77. The molecule has 4 nitrogen and oxygen atoms in total. The number of rotatable bonds is 3. The molecule has 0 saturated heterocycles. The molecule has 0 amide bonds. The number of thiazole rings is 1. The summed E-state index contributed by atoms with van der Waals surface area (Å²) in [5, 5.41) is -0.440. The van der Waals surface area contributed by atoms with E-state index in [4.69, 9.17) is 0 Å². The van der Waals surface area contributed by atoms with Crippen LogP contribution < -0.4 is 4.72 Å². The molecule has 0 bridgehead atoms. The number of hydrogen-bond acceptors (Lipinski definition) is 4. The smallest absolute Gasteiger partial charge is 0.235 e. The Bertz CT molecular complexity index is 602. The van der Waals surface area contributed by atoms with Crippen molar-refractivity contribution in [3.8, 4) is 0 Å². The van der Waals surface area contributed by atoms with Crippen molar-refractivity contribution in [1.29, 1.82) is 0 Å². The molecule has 0 atom stereocenters. The Morgan fingerprint density at radius 2 is 2.12 bits per heavy atom. The van der Waals surface area contributed by atoms with Crippen molar-refractivity contribution in [2.75, 3.05) is 4.72 Å². The van der Waals surface area contributed by atoms with E-state index in [2.05, 4.69) is 9.71 Å². The topological polar surface area (TPSA) is 59.1 Å². The fourth-order valence-corrected chi connectivity index (χ4v) is 2.61. The van der Waals surface area contributed by atoms with Crippen LogP contribution >= 0.6 is 11.3 Å². The highest BCUT2D eigenvalue weighted by molar-refractivity contribution is 7.93. The van der Waals surface area contributed by atoms with Gasteiger partial charge in [0.15, 0.2) is 0 Å². The van der Waals surface area contributed by atoms with Crippen molar-refractivity contribution >= 4 is 37.3 Å². The SMILES string of the molecule is CC(C)S(=O)(=O)Nc1ccc2ncsc2c1. The summed E-state index contributed by atoms with van der Waals surface area (Å²) in [6, 6.07) is 5.33. The summed E-state index contributed by atoms with van der Waals surface area (Å²) in [5.74, 6) is 0. The maximum absolute atomic E-state index is 11.7. The zero-order valence-electron chi connectivity index (χ0n) is 8.97. The monoisotopic (exact) mass is 256 g/mol. The van der Waals surface area contributed by atoms with Gasteiger partial charge in [-0.05, 0) is 32.0 Å². The summed E-state index contributed by atoms with van der Waals surface area (Å²) < 4.78 is 26.8. The van der Waals surface area contributed by atoms with Crippen molar-refractivity contribution in [3.63, 3.8) is 0 Å². The van der Waals surface area contributed by atoms with E-state index >= 15 is 0 Å². The van der Waals surface area contributed by atoms with Crippen molar-refractivity contribution in [1.82, 2.24) is 4.98 Å². The summed E-state index contributed by atoms with van der Waals surface area (Å²) in [5.41, 5.74) is 3.22. The summed E-state index contributed by atoms with van der Waals surface area (Å²) in [6.45, 7) is 3.29. The lowest BCUT2D eigenvalue weighted by molar-refractivity contribution is 0.593. The van der Waals surface area contributed by atoms with Crippen LogP contribution in [0.15, 0.2) is 23.7 Å². The third kappa shape index (κ3) is 2.17. The summed E-state index contributed by atoms with van der Waals surface area (Å²) in [4.78, 5) is 4.13. The van der Waals surface area contributed by atoms with Gasteiger partial charge in [-0.25, -0.2) is 13.4 Å². The number of anilines is 1. The van der Waals surface area contributed by atoms with Gasteiger partial charge in [-0.3, -0.25) is 4.72 Å². The summed E-state index contributed by atoms with van der Waals surface area (Å²) >= 11 is 1.49. The molecule has 6 heteroatoms. The van der Waals surface area contributed by atoms with Gasteiger partial charge in [-0.1, -0.05) is 0 Å². The molecule has 0 fully saturated rings. The van der Waals surface area contributed by atoms with Gasteiger partial charge in [-0.15, -0.1) is 11.3 Å². The van der Waals surface area contributed by atoms with E-state index in [1.165, 1.54) is 11.3 Å². The molecule has 2 aromatic rings. The average molecular weight is 256 g/mol. The Labute approximate surface area is 98.4 Å². The minimum atomic E-state index is -3.27. The van der Waals surface area contributed by atoms with Crippen LogP contribution in [0, 0.1) is 0 Å². The van der Waals surface area contributed by atoms with Crippen LogP contribution in [0.25, 0.3) is 10.2 Å². The highest BCUT2D eigenvalue weighted by Gasteiger charge is 2.15. The lowest BCUT2D eigenvalue weighted by Gasteiger charge is -2.10. The predicted molar refractivity (Wildman–Crippen MR) is 67.3 cm³/mol. The minimum Gasteiger partial charge on any atom is -0.283 e. The van der Waals surface area contributed by atoms with Gasteiger partial charge in [0.25, 0.3) is 0 Å². The Hall–Kier alpha value is -1.14. The van der Waals surface area contributed by atoms with E-state index < -0.39 is 15.3 Å². The second kappa shape index (κ2) is 4.03. The van der Waals surface area contributed by atoms with Crippen molar-refractivity contribution < 1.29 is 8.42 Å². The molecule has 0 saturated carbocycles. The fourth-order valence-electron chi connectivity index (χ4n) is 1.20. The van der Waals surface area contributed by atoms with Gasteiger partial charge in [0.2, 0.25) is 10.0 Å². The Morgan fingerprint density at radius 3 is 2.81 bits per heavy atom. The second-order valence-electron chi connectivity index (χ2n) is 3.73. The Kier molecular flexibility index (Phi) is 2.86. The van der Waals surface area contributed by atoms with Crippen molar-refractivity contribution in [3.05, 3.63) is 23.7 Å². The standard InChI is InChI=1S/C10H12N2O2S2/c1-7(2)16(13,14)12-8-3-4-9-10(5-8)15-6-11-9/h3-7,12H,1-2H3. The molecule has 86 valence electrons. The van der Waals surface area contributed by atoms with Crippen LogP contribution in [0.2, 0.25) is 0 Å². The van der Waals surface area contributed by atoms with E-state index in [0.29, 0.717) is 5.69 Å². The van der Waals surface area contributed by atoms with E-state index in [-0.39, 0.29) is 0 Å². The van der Waals surface area contributed by atoms with Crippen LogP contribution in [0.5, 0.6) is 0 Å². The molecule has 0 spiro atoms. The van der Waals surface area contributed by atoms with Crippen LogP contribution in [0.3, 0.4) is 0 Å². The molecule has 0 aliphatic carbocycles. The number of hydrogen-bond donors (Lipinski definition) is 1.